The lowest BCUT2D eigenvalue weighted by Crippen LogP contribution is -2.53. The Morgan fingerprint density at radius 2 is 1.58 bits per heavy atom. The van der Waals surface area contributed by atoms with Gasteiger partial charge >= 0.3 is 0 Å². The summed E-state index contributed by atoms with van der Waals surface area (Å²) in [5.41, 5.74) is 1.22. The van der Waals surface area contributed by atoms with Crippen LogP contribution in [-0.4, -0.2) is 62.1 Å². The van der Waals surface area contributed by atoms with Gasteiger partial charge in [-0.1, -0.05) is 26.0 Å². The number of ether oxygens (including phenoxy) is 1. The first-order chi connectivity index (χ1) is 11.2. The van der Waals surface area contributed by atoms with Gasteiger partial charge < -0.3 is 9.64 Å². The molecule has 1 atom stereocenters. The first-order valence-electron chi connectivity index (χ1n) is 8.19. The van der Waals surface area contributed by atoms with E-state index in [0.29, 0.717) is 37.8 Å². The zero-order chi connectivity index (χ0) is 17.9. The van der Waals surface area contributed by atoms with Gasteiger partial charge in [0.2, 0.25) is 10.0 Å². The molecule has 1 fully saturated rings. The van der Waals surface area contributed by atoms with Crippen molar-refractivity contribution in [1.29, 1.82) is 0 Å². The fraction of sp³-hybridized carbons (Fsp3) is 0.588. The standard InChI is InChI=1S/C17H26N2O4S/c1-13(2)15-5-7-16(8-6-15)23-14(3)17(20)18-9-11-19(12-10-18)24(4,21)22/h5-8,13-14H,9-12H2,1-4H3. The minimum absolute atomic E-state index is 0.115. The van der Waals surface area contributed by atoms with Crippen molar-refractivity contribution in [3.8, 4) is 5.75 Å². The fourth-order valence-corrected chi connectivity index (χ4v) is 3.51. The molecule has 0 aliphatic carbocycles. The number of nitrogens with zero attached hydrogens (tertiary/aromatic N) is 2. The number of piperazine rings is 1. The van der Waals surface area contributed by atoms with Gasteiger partial charge in [0.15, 0.2) is 6.10 Å². The van der Waals surface area contributed by atoms with Gasteiger partial charge in [0.05, 0.1) is 6.26 Å². The van der Waals surface area contributed by atoms with E-state index in [2.05, 4.69) is 13.8 Å². The van der Waals surface area contributed by atoms with Crippen molar-refractivity contribution in [1.82, 2.24) is 9.21 Å². The monoisotopic (exact) mass is 354 g/mol. The summed E-state index contributed by atoms with van der Waals surface area (Å²) in [6, 6.07) is 7.76. The van der Waals surface area contributed by atoms with Crippen LogP contribution in [0.25, 0.3) is 0 Å². The summed E-state index contributed by atoms with van der Waals surface area (Å²) < 4.78 is 30.2. The molecule has 24 heavy (non-hydrogen) atoms. The SMILES string of the molecule is CC(Oc1ccc(C(C)C)cc1)C(=O)N1CCN(S(C)(=O)=O)CC1. The molecule has 134 valence electrons. The number of hydrogen-bond donors (Lipinski definition) is 0. The van der Waals surface area contributed by atoms with Crippen molar-refractivity contribution < 1.29 is 17.9 Å². The molecule has 1 aromatic rings. The average Bonchev–Trinajstić information content (AvgIpc) is 2.54. The largest absolute Gasteiger partial charge is 0.481 e. The zero-order valence-electron chi connectivity index (χ0n) is 14.7. The minimum atomic E-state index is -3.19. The zero-order valence-corrected chi connectivity index (χ0v) is 15.5. The Morgan fingerprint density at radius 1 is 1.04 bits per heavy atom. The highest BCUT2D eigenvalue weighted by Crippen LogP contribution is 2.20. The minimum Gasteiger partial charge on any atom is -0.481 e. The number of sulfonamides is 1. The lowest BCUT2D eigenvalue weighted by Gasteiger charge is -2.34. The van der Waals surface area contributed by atoms with Crippen LogP contribution in [-0.2, 0) is 14.8 Å². The smallest absolute Gasteiger partial charge is 0.263 e. The van der Waals surface area contributed by atoms with Crippen molar-refractivity contribution in [2.75, 3.05) is 32.4 Å². The van der Waals surface area contributed by atoms with Gasteiger partial charge in [-0.3, -0.25) is 4.79 Å². The van der Waals surface area contributed by atoms with E-state index in [1.807, 2.05) is 24.3 Å². The van der Waals surface area contributed by atoms with Gasteiger partial charge in [-0.25, -0.2) is 8.42 Å². The summed E-state index contributed by atoms with van der Waals surface area (Å²) in [5, 5.41) is 0. The number of amides is 1. The number of rotatable bonds is 5. The first kappa shape index (κ1) is 18.7. The van der Waals surface area contributed by atoms with Crippen LogP contribution < -0.4 is 4.74 Å². The van der Waals surface area contributed by atoms with Gasteiger partial charge in [0.25, 0.3) is 5.91 Å². The molecule has 1 amide bonds. The molecule has 2 rings (SSSR count). The molecule has 0 N–H and O–H groups in total. The molecule has 0 radical (unpaired) electrons. The predicted octanol–water partition coefficient (Wildman–Crippen LogP) is 1.68. The second kappa shape index (κ2) is 7.53. The van der Waals surface area contributed by atoms with Crippen molar-refractivity contribution in [2.45, 2.75) is 32.8 Å². The Kier molecular flexibility index (Phi) is 5.87. The van der Waals surface area contributed by atoms with E-state index < -0.39 is 16.1 Å². The number of carbonyl (C=O) groups excluding carboxylic acids is 1. The van der Waals surface area contributed by atoms with E-state index in [4.69, 9.17) is 4.74 Å². The lowest BCUT2D eigenvalue weighted by molar-refractivity contribution is -0.139. The summed E-state index contributed by atoms with van der Waals surface area (Å²) in [6.07, 6.45) is 0.594. The number of hydrogen-bond acceptors (Lipinski definition) is 4. The molecule has 0 saturated carbocycles. The van der Waals surface area contributed by atoms with Crippen LogP contribution in [0.2, 0.25) is 0 Å². The molecule has 1 aliphatic rings. The topological polar surface area (TPSA) is 66.9 Å². The van der Waals surface area contributed by atoms with Gasteiger partial charge in [-0.2, -0.15) is 4.31 Å². The summed E-state index contributed by atoms with van der Waals surface area (Å²) in [4.78, 5) is 14.1. The van der Waals surface area contributed by atoms with Crippen molar-refractivity contribution in [2.24, 2.45) is 0 Å². The second-order valence-electron chi connectivity index (χ2n) is 6.47. The van der Waals surface area contributed by atoms with Crippen LogP contribution in [0.1, 0.15) is 32.3 Å². The first-order valence-corrected chi connectivity index (χ1v) is 10.0. The molecule has 1 aromatic carbocycles. The quantitative estimate of drug-likeness (QED) is 0.807. The normalized spacial score (nSPS) is 17.8. The third-order valence-corrected chi connectivity index (χ3v) is 5.53. The van der Waals surface area contributed by atoms with Crippen molar-refractivity contribution in [3.05, 3.63) is 29.8 Å². The summed E-state index contributed by atoms with van der Waals surface area (Å²) in [7, 11) is -3.19. The Bertz CT molecular complexity index is 662. The predicted molar refractivity (Wildman–Crippen MR) is 93.6 cm³/mol. The van der Waals surface area contributed by atoms with E-state index in [9.17, 15) is 13.2 Å². The highest BCUT2D eigenvalue weighted by Gasteiger charge is 2.29. The molecule has 6 nitrogen and oxygen atoms in total. The van der Waals surface area contributed by atoms with Crippen LogP contribution in [0.4, 0.5) is 0 Å². The molecule has 0 spiro atoms. The third kappa shape index (κ3) is 4.70. The third-order valence-electron chi connectivity index (χ3n) is 4.23. The second-order valence-corrected chi connectivity index (χ2v) is 8.45. The van der Waals surface area contributed by atoms with E-state index in [1.165, 1.54) is 16.1 Å². The van der Waals surface area contributed by atoms with Crippen LogP contribution in [0, 0.1) is 0 Å². The molecule has 0 aromatic heterocycles. The molecular weight excluding hydrogens is 328 g/mol. The van der Waals surface area contributed by atoms with Crippen LogP contribution >= 0.6 is 0 Å². The molecule has 7 heteroatoms. The van der Waals surface area contributed by atoms with Crippen LogP contribution in [0.15, 0.2) is 24.3 Å². The van der Waals surface area contributed by atoms with Crippen molar-refractivity contribution >= 4 is 15.9 Å². The molecule has 0 bridgehead atoms. The fourth-order valence-electron chi connectivity index (χ4n) is 2.68. The highest BCUT2D eigenvalue weighted by atomic mass is 32.2. The van der Waals surface area contributed by atoms with Gasteiger partial charge in [0, 0.05) is 26.2 Å². The van der Waals surface area contributed by atoms with Gasteiger partial charge in [-0.15, -0.1) is 0 Å². The van der Waals surface area contributed by atoms with Crippen LogP contribution in [0.3, 0.4) is 0 Å². The lowest BCUT2D eigenvalue weighted by atomic mass is 10.0. The Labute approximate surface area is 144 Å². The summed E-state index contributed by atoms with van der Waals surface area (Å²) in [6.45, 7) is 7.43. The van der Waals surface area contributed by atoms with Crippen LogP contribution in [0.5, 0.6) is 5.75 Å². The molecule has 1 unspecified atom stereocenters. The Morgan fingerprint density at radius 3 is 2.04 bits per heavy atom. The molecule has 1 heterocycles. The molecule has 1 saturated heterocycles. The number of benzene rings is 1. The van der Waals surface area contributed by atoms with E-state index >= 15 is 0 Å². The maximum Gasteiger partial charge on any atom is 0.263 e. The molecular formula is C17H26N2O4S. The van der Waals surface area contributed by atoms with E-state index in [0.717, 1.165) is 0 Å². The Hall–Kier alpha value is -1.60. The number of carbonyl (C=O) groups is 1. The van der Waals surface area contributed by atoms with Crippen molar-refractivity contribution in [3.63, 3.8) is 0 Å². The van der Waals surface area contributed by atoms with Gasteiger partial charge in [0.1, 0.15) is 5.75 Å². The van der Waals surface area contributed by atoms with E-state index in [1.54, 1.807) is 11.8 Å². The highest BCUT2D eigenvalue weighted by molar-refractivity contribution is 7.88. The molecule has 1 aliphatic heterocycles. The summed E-state index contributed by atoms with van der Waals surface area (Å²) in [5.74, 6) is 0.996. The van der Waals surface area contributed by atoms with E-state index in [-0.39, 0.29) is 5.91 Å². The maximum atomic E-state index is 12.5. The Balaban J connectivity index is 1.91. The maximum absolute atomic E-state index is 12.5. The van der Waals surface area contributed by atoms with Gasteiger partial charge in [-0.05, 0) is 30.5 Å². The summed E-state index contributed by atoms with van der Waals surface area (Å²) >= 11 is 0. The average molecular weight is 354 g/mol.